The number of hydrogen-bond donors (Lipinski definition) is 1. The molecule has 1 unspecified atom stereocenters. The van der Waals surface area contributed by atoms with Crippen LogP contribution in [0.4, 0.5) is 0 Å². The molecule has 4 nitrogen and oxygen atoms in total. The molecule has 0 amide bonds. The first kappa shape index (κ1) is 14.7. The quantitative estimate of drug-likeness (QED) is 0.879. The van der Waals surface area contributed by atoms with Gasteiger partial charge in [-0.15, -0.1) is 0 Å². The van der Waals surface area contributed by atoms with Gasteiger partial charge >= 0.3 is 0 Å². The van der Waals surface area contributed by atoms with Crippen LogP contribution in [-0.4, -0.2) is 21.3 Å². The molecule has 2 rings (SSSR count). The molecule has 2 aromatic rings. The van der Waals surface area contributed by atoms with Crippen molar-refractivity contribution in [3.8, 4) is 5.82 Å². The fraction of sp³-hybridized carbons (Fsp3) is 0.500. The van der Waals surface area contributed by atoms with Crippen molar-refractivity contribution in [3.63, 3.8) is 0 Å². The number of aryl methyl sites for hydroxylation is 2. The van der Waals surface area contributed by atoms with E-state index in [1.54, 1.807) is 0 Å². The summed E-state index contributed by atoms with van der Waals surface area (Å²) in [5, 5.41) is 8.01. The van der Waals surface area contributed by atoms with E-state index in [4.69, 9.17) is 0 Å². The van der Waals surface area contributed by atoms with Crippen LogP contribution in [0.15, 0.2) is 24.4 Å². The molecule has 0 saturated heterocycles. The van der Waals surface area contributed by atoms with Crippen molar-refractivity contribution < 1.29 is 0 Å². The summed E-state index contributed by atoms with van der Waals surface area (Å²) in [6.45, 7) is 9.50. The molecule has 4 heteroatoms. The molecule has 0 radical (unpaired) electrons. The first-order valence-electron chi connectivity index (χ1n) is 7.47. The molecule has 0 bridgehead atoms. The summed E-state index contributed by atoms with van der Waals surface area (Å²) in [4.78, 5) is 4.57. The van der Waals surface area contributed by atoms with Gasteiger partial charge in [-0.05, 0) is 44.0 Å². The van der Waals surface area contributed by atoms with Crippen LogP contribution in [0.25, 0.3) is 5.82 Å². The van der Waals surface area contributed by atoms with Crippen molar-refractivity contribution in [2.75, 3.05) is 6.54 Å². The second-order valence-electron chi connectivity index (χ2n) is 4.98. The van der Waals surface area contributed by atoms with Crippen molar-refractivity contribution in [2.45, 2.75) is 46.6 Å². The summed E-state index contributed by atoms with van der Waals surface area (Å²) in [5.41, 5.74) is 3.53. The topological polar surface area (TPSA) is 42.7 Å². The lowest BCUT2D eigenvalue weighted by atomic mass is 10.1. The predicted octanol–water partition coefficient (Wildman–Crippen LogP) is 3.06. The van der Waals surface area contributed by atoms with Crippen molar-refractivity contribution >= 4 is 0 Å². The van der Waals surface area contributed by atoms with Crippen LogP contribution in [0.3, 0.4) is 0 Å². The van der Waals surface area contributed by atoms with Crippen LogP contribution in [0.5, 0.6) is 0 Å². The van der Waals surface area contributed by atoms with Gasteiger partial charge in [-0.3, -0.25) is 0 Å². The number of nitrogens with one attached hydrogen (secondary N) is 1. The summed E-state index contributed by atoms with van der Waals surface area (Å²) < 4.78 is 1.96. The molecule has 2 heterocycles. The number of rotatable bonds is 6. The normalized spacial score (nSPS) is 12.6. The summed E-state index contributed by atoms with van der Waals surface area (Å²) >= 11 is 0. The second kappa shape index (κ2) is 6.66. The first-order valence-corrected chi connectivity index (χ1v) is 7.47. The molecule has 0 aromatic carbocycles. The molecule has 0 aliphatic rings. The minimum atomic E-state index is 0.330. The highest BCUT2D eigenvalue weighted by Gasteiger charge is 2.09. The Bertz CT molecular complexity index is 542. The van der Waals surface area contributed by atoms with E-state index in [9.17, 15) is 0 Å². The van der Waals surface area contributed by atoms with E-state index in [-0.39, 0.29) is 0 Å². The van der Waals surface area contributed by atoms with Gasteiger partial charge in [0.1, 0.15) is 0 Å². The third-order valence-electron chi connectivity index (χ3n) is 3.56. The Kier molecular flexibility index (Phi) is 4.90. The Morgan fingerprint density at radius 3 is 2.55 bits per heavy atom. The number of pyridine rings is 1. The maximum Gasteiger partial charge on any atom is 0.153 e. The molecule has 2 aromatic heterocycles. The van der Waals surface area contributed by atoms with E-state index in [0.717, 1.165) is 30.9 Å². The minimum Gasteiger partial charge on any atom is -0.310 e. The molecule has 20 heavy (non-hydrogen) atoms. The number of aromatic nitrogens is 3. The van der Waals surface area contributed by atoms with Crippen LogP contribution in [-0.2, 0) is 12.8 Å². The van der Waals surface area contributed by atoms with E-state index in [0.29, 0.717) is 6.04 Å². The van der Waals surface area contributed by atoms with E-state index in [2.05, 4.69) is 61.3 Å². The summed E-state index contributed by atoms with van der Waals surface area (Å²) in [6, 6.07) is 6.67. The minimum absolute atomic E-state index is 0.330. The maximum absolute atomic E-state index is 4.62. The van der Waals surface area contributed by atoms with Gasteiger partial charge in [0, 0.05) is 17.9 Å². The average Bonchev–Trinajstić information content (AvgIpc) is 2.91. The van der Waals surface area contributed by atoms with Gasteiger partial charge in [0.05, 0.1) is 5.69 Å². The average molecular weight is 272 g/mol. The van der Waals surface area contributed by atoms with Crippen molar-refractivity contribution in [3.05, 3.63) is 41.3 Å². The fourth-order valence-electron chi connectivity index (χ4n) is 2.30. The Morgan fingerprint density at radius 1 is 1.20 bits per heavy atom. The molecular weight excluding hydrogens is 248 g/mol. The standard InChI is InChI=1S/C16H24N4/c1-5-14-10-15(6-2)20(19-14)16-9-8-13(11-18-16)12(4)17-7-3/h8-12,17H,5-7H2,1-4H3. The monoisotopic (exact) mass is 272 g/mol. The summed E-state index contributed by atoms with van der Waals surface area (Å²) in [7, 11) is 0. The third kappa shape index (κ3) is 3.07. The number of nitrogens with zero attached hydrogens (tertiary/aromatic N) is 3. The highest BCUT2D eigenvalue weighted by molar-refractivity contribution is 5.29. The lowest BCUT2D eigenvalue weighted by molar-refractivity contribution is 0.595. The molecule has 0 saturated carbocycles. The molecule has 1 atom stereocenters. The highest BCUT2D eigenvalue weighted by atomic mass is 15.3. The van der Waals surface area contributed by atoms with Crippen molar-refractivity contribution in [1.82, 2.24) is 20.1 Å². The Labute approximate surface area is 121 Å². The van der Waals surface area contributed by atoms with Crippen LogP contribution in [0.1, 0.15) is 50.7 Å². The molecule has 1 N–H and O–H groups in total. The second-order valence-corrected chi connectivity index (χ2v) is 4.98. The predicted molar refractivity (Wildman–Crippen MR) is 82.2 cm³/mol. The van der Waals surface area contributed by atoms with Crippen LogP contribution in [0, 0.1) is 0 Å². The number of hydrogen-bond acceptors (Lipinski definition) is 3. The highest BCUT2D eigenvalue weighted by Crippen LogP contribution is 2.15. The molecular formula is C16H24N4. The van der Waals surface area contributed by atoms with Gasteiger partial charge in [0.15, 0.2) is 5.82 Å². The zero-order valence-electron chi connectivity index (χ0n) is 12.8. The molecule has 108 valence electrons. The third-order valence-corrected chi connectivity index (χ3v) is 3.56. The lowest BCUT2D eigenvalue weighted by Gasteiger charge is -2.13. The summed E-state index contributed by atoms with van der Waals surface area (Å²) in [5.74, 6) is 0.897. The molecule has 0 fully saturated rings. The summed E-state index contributed by atoms with van der Waals surface area (Å²) in [6.07, 6.45) is 3.86. The lowest BCUT2D eigenvalue weighted by Crippen LogP contribution is -2.18. The zero-order valence-corrected chi connectivity index (χ0v) is 12.8. The van der Waals surface area contributed by atoms with E-state index in [1.807, 2.05) is 10.9 Å². The smallest absolute Gasteiger partial charge is 0.153 e. The van der Waals surface area contributed by atoms with Crippen molar-refractivity contribution in [2.24, 2.45) is 0 Å². The van der Waals surface area contributed by atoms with Gasteiger partial charge in [-0.2, -0.15) is 5.10 Å². The van der Waals surface area contributed by atoms with Gasteiger partial charge in [0.25, 0.3) is 0 Å². The zero-order chi connectivity index (χ0) is 14.5. The van der Waals surface area contributed by atoms with Crippen LogP contribution in [0.2, 0.25) is 0 Å². The van der Waals surface area contributed by atoms with Gasteiger partial charge in [0.2, 0.25) is 0 Å². The Hall–Kier alpha value is -1.68. The van der Waals surface area contributed by atoms with Crippen molar-refractivity contribution in [1.29, 1.82) is 0 Å². The van der Waals surface area contributed by atoms with Crippen LogP contribution >= 0.6 is 0 Å². The molecule has 0 aliphatic heterocycles. The fourth-order valence-corrected chi connectivity index (χ4v) is 2.30. The van der Waals surface area contributed by atoms with E-state index < -0.39 is 0 Å². The largest absolute Gasteiger partial charge is 0.310 e. The van der Waals surface area contributed by atoms with Crippen LogP contribution < -0.4 is 5.32 Å². The van der Waals surface area contributed by atoms with Gasteiger partial charge in [-0.1, -0.05) is 26.8 Å². The van der Waals surface area contributed by atoms with E-state index in [1.165, 1.54) is 11.3 Å². The SMILES string of the molecule is CCNC(C)c1ccc(-n2nc(CC)cc2CC)nc1. The first-order chi connectivity index (χ1) is 9.69. The Morgan fingerprint density at radius 2 is 2.00 bits per heavy atom. The molecule has 0 aliphatic carbocycles. The Balaban J connectivity index is 2.27. The van der Waals surface area contributed by atoms with Gasteiger partial charge < -0.3 is 5.32 Å². The van der Waals surface area contributed by atoms with E-state index >= 15 is 0 Å². The molecule has 0 spiro atoms. The van der Waals surface area contributed by atoms with Gasteiger partial charge in [-0.25, -0.2) is 9.67 Å². The maximum atomic E-state index is 4.62.